The summed E-state index contributed by atoms with van der Waals surface area (Å²) in [7, 11) is 3.24. The average Bonchev–Trinajstić information content (AvgIpc) is 3.28. The monoisotopic (exact) mass is 340 g/mol. The van der Waals surface area contributed by atoms with Gasteiger partial charge in [-0.1, -0.05) is 13.0 Å². The lowest BCUT2D eigenvalue weighted by Gasteiger charge is -2.11. The minimum Gasteiger partial charge on any atom is -0.493 e. The van der Waals surface area contributed by atoms with E-state index in [1.165, 1.54) is 0 Å². The highest BCUT2D eigenvalue weighted by atomic mass is 32.1. The van der Waals surface area contributed by atoms with Crippen molar-refractivity contribution in [2.24, 2.45) is 0 Å². The molecule has 0 bridgehead atoms. The van der Waals surface area contributed by atoms with Crippen molar-refractivity contribution in [1.29, 1.82) is 0 Å². The summed E-state index contributed by atoms with van der Waals surface area (Å²) in [5.74, 6) is 3.04. The Morgan fingerprint density at radius 1 is 1.12 bits per heavy atom. The first-order valence-corrected chi connectivity index (χ1v) is 8.48. The van der Waals surface area contributed by atoms with E-state index in [4.69, 9.17) is 14.5 Å². The van der Waals surface area contributed by atoms with Crippen LogP contribution in [0.25, 0.3) is 27.3 Å². The second-order valence-corrected chi connectivity index (χ2v) is 6.21. The third-order valence-corrected chi connectivity index (χ3v) is 4.84. The van der Waals surface area contributed by atoms with E-state index >= 15 is 0 Å². The number of fused-ring (bicyclic) bond motifs is 3. The fourth-order valence-electron chi connectivity index (χ4n) is 2.83. The Morgan fingerprint density at radius 2 is 1.92 bits per heavy atom. The summed E-state index contributed by atoms with van der Waals surface area (Å²) in [4.78, 5) is 5.87. The van der Waals surface area contributed by atoms with Crippen LogP contribution < -0.4 is 9.47 Å². The van der Waals surface area contributed by atoms with Gasteiger partial charge in [-0.05, 0) is 17.5 Å². The Bertz CT molecular complexity index is 1020. The van der Waals surface area contributed by atoms with Gasteiger partial charge in [-0.15, -0.1) is 21.5 Å². The first kappa shape index (κ1) is 14.9. The van der Waals surface area contributed by atoms with Gasteiger partial charge >= 0.3 is 0 Å². The number of ether oxygens (including phenoxy) is 2. The van der Waals surface area contributed by atoms with Crippen LogP contribution in [0.1, 0.15) is 12.7 Å². The number of benzene rings is 1. The number of hydrogen-bond acceptors (Lipinski definition) is 6. The lowest BCUT2D eigenvalue weighted by atomic mass is 10.2. The second kappa shape index (κ2) is 5.76. The first-order valence-electron chi connectivity index (χ1n) is 7.60. The molecule has 7 heteroatoms. The van der Waals surface area contributed by atoms with Crippen LogP contribution >= 0.6 is 11.3 Å². The molecule has 122 valence electrons. The molecule has 24 heavy (non-hydrogen) atoms. The largest absolute Gasteiger partial charge is 0.493 e. The molecular weight excluding hydrogens is 324 g/mol. The van der Waals surface area contributed by atoms with Crippen molar-refractivity contribution < 1.29 is 9.47 Å². The molecule has 0 aliphatic heterocycles. The maximum absolute atomic E-state index is 5.42. The quantitative estimate of drug-likeness (QED) is 0.568. The van der Waals surface area contributed by atoms with Gasteiger partial charge < -0.3 is 9.47 Å². The second-order valence-electron chi connectivity index (χ2n) is 5.27. The fraction of sp³-hybridized carbons (Fsp3) is 0.235. The van der Waals surface area contributed by atoms with Crippen LogP contribution in [-0.4, -0.2) is 33.8 Å². The highest BCUT2D eigenvalue weighted by molar-refractivity contribution is 7.13. The van der Waals surface area contributed by atoms with Crippen molar-refractivity contribution in [2.45, 2.75) is 13.3 Å². The number of thiophene rings is 1. The molecule has 4 rings (SSSR count). The van der Waals surface area contributed by atoms with E-state index in [0.717, 1.165) is 39.5 Å². The van der Waals surface area contributed by atoms with E-state index in [9.17, 15) is 0 Å². The Morgan fingerprint density at radius 3 is 2.58 bits per heavy atom. The molecule has 0 N–H and O–H groups in total. The molecule has 3 heterocycles. The molecule has 0 radical (unpaired) electrons. The van der Waals surface area contributed by atoms with Gasteiger partial charge in [0, 0.05) is 17.9 Å². The maximum Gasteiger partial charge on any atom is 0.179 e. The van der Waals surface area contributed by atoms with E-state index in [1.807, 2.05) is 34.0 Å². The number of rotatable bonds is 4. The molecular formula is C17H16N4O2S. The standard InChI is InChI=1S/C17H16N4O2S/c1-4-15-18-11-9-13(23-3)12(22-2)8-10(11)16-19-20-17(21(15)16)14-6-5-7-24-14/h5-9H,4H2,1-3H3. The highest BCUT2D eigenvalue weighted by Crippen LogP contribution is 2.34. The Balaban J connectivity index is 2.10. The molecule has 0 atom stereocenters. The zero-order valence-electron chi connectivity index (χ0n) is 13.6. The summed E-state index contributed by atoms with van der Waals surface area (Å²) in [6, 6.07) is 7.84. The Labute approximate surface area is 142 Å². The Hall–Kier alpha value is -2.67. The van der Waals surface area contributed by atoms with Crippen LogP contribution in [-0.2, 0) is 6.42 Å². The van der Waals surface area contributed by atoms with E-state index in [0.29, 0.717) is 11.5 Å². The highest BCUT2D eigenvalue weighted by Gasteiger charge is 2.18. The molecule has 0 unspecified atom stereocenters. The van der Waals surface area contributed by atoms with Gasteiger partial charge in [0.2, 0.25) is 0 Å². The molecule has 0 fully saturated rings. The van der Waals surface area contributed by atoms with E-state index in [-0.39, 0.29) is 0 Å². The van der Waals surface area contributed by atoms with Crippen LogP contribution in [0.4, 0.5) is 0 Å². The van der Waals surface area contributed by atoms with Crippen LogP contribution in [0, 0.1) is 0 Å². The summed E-state index contributed by atoms with van der Waals surface area (Å²) < 4.78 is 12.8. The lowest BCUT2D eigenvalue weighted by Crippen LogP contribution is -2.03. The molecule has 0 saturated heterocycles. The third-order valence-electron chi connectivity index (χ3n) is 3.97. The zero-order valence-corrected chi connectivity index (χ0v) is 14.4. The summed E-state index contributed by atoms with van der Waals surface area (Å²) in [6.45, 7) is 2.08. The number of aryl methyl sites for hydroxylation is 1. The number of aromatic nitrogens is 4. The van der Waals surface area contributed by atoms with Crippen molar-refractivity contribution in [1.82, 2.24) is 19.6 Å². The minimum atomic E-state index is 0.652. The van der Waals surface area contributed by atoms with Gasteiger partial charge in [-0.2, -0.15) is 0 Å². The smallest absolute Gasteiger partial charge is 0.179 e. The molecule has 0 spiro atoms. The zero-order chi connectivity index (χ0) is 16.7. The van der Waals surface area contributed by atoms with Crippen molar-refractivity contribution in [2.75, 3.05) is 14.2 Å². The van der Waals surface area contributed by atoms with Gasteiger partial charge in [0.05, 0.1) is 24.6 Å². The van der Waals surface area contributed by atoms with Crippen LogP contribution in [0.5, 0.6) is 11.5 Å². The minimum absolute atomic E-state index is 0.652. The predicted octanol–water partition coefficient (Wildman–Crippen LogP) is 3.59. The van der Waals surface area contributed by atoms with Crippen LogP contribution in [0.3, 0.4) is 0 Å². The van der Waals surface area contributed by atoms with E-state index < -0.39 is 0 Å². The van der Waals surface area contributed by atoms with Crippen molar-refractivity contribution in [3.05, 3.63) is 35.5 Å². The predicted molar refractivity (Wildman–Crippen MR) is 94.1 cm³/mol. The molecule has 0 saturated carbocycles. The summed E-state index contributed by atoms with van der Waals surface area (Å²) in [5, 5.41) is 11.8. The molecule has 0 amide bonds. The van der Waals surface area contributed by atoms with Gasteiger partial charge in [0.15, 0.2) is 23.0 Å². The average molecular weight is 340 g/mol. The van der Waals surface area contributed by atoms with Crippen molar-refractivity contribution in [3.63, 3.8) is 0 Å². The SMILES string of the molecule is CCc1nc2cc(OC)c(OC)cc2c2nnc(-c3cccs3)n12. The third kappa shape index (κ3) is 2.12. The summed E-state index contributed by atoms with van der Waals surface area (Å²) in [6.07, 6.45) is 0.775. The van der Waals surface area contributed by atoms with Gasteiger partial charge in [0.1, 0.15) is 5.82 Å². The molecule has 0 aliphatic rings. The molecule has 0 aliphatic carbocycles. The number of nitrogens with zero attached hydrogens (tertiary/aromatic N) is 4. The van der Waals surface area contributed by atoms with Gasteiger partial charge in [-0.3, -0.25) is 4.40 Å². The first-order chi connectivity index (χ1) is 11.8. The summed E-state index contributed by atoms with van der Waals surface area (Å²) in [5.41, 5.74) is 1.60. The fourth-order valence-corrected chi connectivity index (χ4v) is 3.53. The lowest BCUT2D eigenvalue weighted by molar-refractivity contribution is 0.356. The van der Waals surface area contributed by atoms with E-state index in [2.05, 4.69) is 17.1 Å². The van der Waals surface area contributed by atoms with Crippen molar-refractivity contribution in [3.8, 4) is 22.2 Å². The number of methoxy groups -OCH3 is 2. The molecule has 6 nitrogen and oxygen atoms in total. The maximum atomic E-state index is 5.42. The van der Waals surface area contributed by atoms with Gasteiger partial charge in [0.25, 0.3) is 0 Å². The Kier molecular flexibility index (Phi) is 3.57. The van der Waals surface area contributed by atoms with Gasteiger partial charge in [-0.25, -0.2) is 4.98 Å². The van der Waals surface area contributed by atoms with Crippen LogP contribution in [0.15, 0.2) is 29.6 Å². The van der Waals surface area contributed by atoms with Crippen LogP contribution in [0.2, 0.25) is 0 Å². The van der Waals surface area contributed by atoms with Crippen molar-refractivity contribution >= 4 is 27.9 Å². The number of hydrogen-bond donors (Lipinski definition) is 0. The topological polar surface area (TPSA) is 61.5 Å². The molecule has 3 aromatic heterocycles. The van der Waals surface area contributed by atoms with E-state index in [1.54, 1.807) is 25.6 Å². The normalized spacial score (nSPS) is 11.3. The molecule has 1 aromatic carbocycles. The summed E-state index contributed by atoms with van der Waals surface area (Å²) >= 11 is 1.64. The molecule has 4 aromatic rings.